The number of hydrogen-bond acceptors (Lipinski definition) is 8. The van der Waals surface area contributed by atoms with Gasteiger partial charge in [-0.1, -0.05) is 6.92 Å². The van der Waals surface area contributed by atoms with Gasteiger partial charge in [-0.2, -0.15) is 10.4 Å². The number of nitrogens with one attached hydrogen (secondary N) is 1. The van der Waals surface area contributed by atoms with E-state index in [1.807, 2.05) is 52.2 Å². The number of aromatic nitrogens is 4. The maximum atomic E-state index is 12.1. The highest BCUT2D eigenvalue weighted by Gasteiger charge is 2.31. The molecule has 4 heterocycles. The quantitative estimate of drug-likeness (QED) is 0.472. The van der Waals surface area contributed by atoms with Gasteiger partial charge in [-0.05, 0) is 50.8 Å². The number of rotatable bonds is 6. The van der Waals surface area contributed by atoms with E-state index in [1.165, 1.54) is 6.20 Å². The van der Waals surface area contributed by atoms with Gasteiger partial charge < -0.3 is 20.7 Å². The van der Waals surface area contributed by atoms with Crippen molar-refractivity contribution in [1.29, 1.82) is 5.26 Å². The average Bonchev–Trinajstić information content (AvgIpc) is 3.48. The van der Waals surface area contributed by atoms with E-state index in [2.05, 4.69) is 33.3 Å². The van der Waals surface area contributed by atoms with E-state index in [1.54, 1.807) is 23.3 Å². The monoisotopic (exact) mass is 514 g/mol. The molecule has 1 fully saturated rings. The third-order valence-electron chi connectivity index (χ3n) is 6.53. The lowest BCUT2D eigenvalue weighted by Gasteiger charge is -2.21. The van der Waals surface area contributed by atoms with Gasteiger partial charge in [-0.25, -0.2) is 9.78 Å². The third-order valence-corrected chi connectivity index (χ3v) is 6.53. The molecule has 0 aromatic carbocycles. The lowest BCUT2D eigenvalue weighted by atomic mass is 9.98. The topological polar surface area (TPSA) is 135 Å². The molecule has 0 bridgehead atoms. The Morgan fingerprint density at radius 1 is 1.21 bits per heavy atom. The van der Waals surface area contributed by atoms with Crippen LogP contribution in [0.15, 0.2) is 49.2 Å². The largest absolute Gasteiger partial charge is 0.444 e. The molecule has 0 saturated carbocycles. The first-order valence-corrected chi connectivity index (χ1v) is 12.6. The van der Waals surface area contributed by atoms with Gasteiger partial charge in [0, 0.05) is 73.7 Å². The maximum Gasteiger partial charge on any atom is 0.407 e. The summed E-state index contributed by atoms with van der Waals surface area (Å²) in [5, 5.41) is 16.8. The fourth-order valence-corrected chi connectivity index (χ4v) is 4.54. The lowest BCUT2D eigenvalue weighted by molar-refractivity contribution is 0.0518. The molecular weight excluding hydrogens is 480 g/mol. The van der Waals surface area contributed by atoms with Crippen LogP contribution in [0.25, 0.3) is 27.8 Å². The summed E-state index contributed by atoms with van der Waals surface area (Å²) in [4.78, 5) is 23.6. The number of nitriles is 1. The van der Waals surface area contributed by atoms with Crippen LogP contribution in [0.2, 0.25) is 0 Å². The minimum Gasteiger partial charge on any atom is -0.444 e. The van der Waals surface area contributed by atoms with Crippen LogP contribution in [0, 0.1) is 23.2 Å². The number of pyridine rings is 2. The first-order valence-electron chi connectivity index (χ1n) is 12.6. The van der Waals surface area contributed by atoms with E-state index >= 15 is 0 Å². The zero-order chi connectivity index (χ0) is 27.4. The number of aryl methyl sites for hydroxylation is 1. The highest BCUT2D eigenvalue weighted by molar-refractivity contribution is 5.86. The lowest BCUT2D eigenvalue weighted by Crippen LogP contribution is -2.36. The molecule has 1 saturated heterocycles. The molecule has 3 aromatic rings. The zero-order valence-corrected chi connectivity index (χ0v) is 22.5. The number of nitrogens with two attached hydrogens (primary N) is 1. The first-order chi connectivity index (χ1) is 18.1. The van der Waals surface area contributed by atoms with Gasteiger partial charge in [0.2, 0.25) is 0 Å². The van der Waals surface area contributed by atoms with Crippen molar-refractivity contribution in [3.8, 4) is 28.3 Å². The smallest absolute Gasteiger partial charge is 0.407 e. The summed E-state index contributed by atoms with van der Waals surface area (Å²) in [7, 11) is 1.86. The summed E-state index contributed by atoms with van der Waals surface area (Å²) in [5.41, 5.74) is 9.38. The number of carbonyl (C=O) groups excluding carboxylic acids is 1. The number of carbonyl (C=O) groups is 1. The second kappa shape index (κ2) is 10.9. The highest BCUT2D eigenvalue weighted by atomic mass is 16.6. The number of hydrogen-bond donors (Lipinski definition) is 2. The fraction of sp³-hybridized carbons (Fsp3) is 0.393. The van der Waals surface area contributed by atoms with Crippen molar-refractivity contribution in [3.05, 3.63) is 54.9 Å². The molecule has 0 radical (unpaired) electrons. The summed E-state index contributed by atoms with van der Waals surface area (Å²) in [6.07, 6.45) is 8.07. The molecule has 2 unspecified atom stereocenters. The van der Waals surface area contributed by atoms with Crippen molar-refractivity contribution in [2.24, 2.45) is 24.6 Å². The molecule has 198 valence electrons. The third kappa shape index (κ3) is 6.11. The Kier molecular flexibility index (Phi) is 7.67. The number of anilines is 1. The van der Waals surface area contributed by atoms with E-state index in [-0.39, 0.29) is 11.5 Å². The van der Waals surface area contributed by atoms with Crippen LogP contribution in [0.5, 0.6) is 0 Å². The number of alkyl carbamates (subject to hydrolysis) is 1. The predicted octanol–water partition coefficient (Wildman–Crippen LogP) is 3.96. The normalized spacial score (nSPS) is 17.8. The second-order valence-electron chi connectivity index (χ2n) is 10.6. The Morgan fingerprint density at radius 3 is 2.58 bits per heavy atom. The Hall–Kier alpha value is -4.39. The number of ether oxygens (including phenoxy) is 1. The van der Waals surface area contributed by atoms with E-state index in [0.717, 1.165) is 41.2 Å². The van der Waals surface area contributed by atoms with Crippen LogP contribution >= 0.6 is 0 Å². The van der Waals surface area contributed by atoms with Gasteiger partial charge in [-0.15, -0.1) is 0 Å². The molecule has 10 heteroatoms. The Labute approximate surface area is 223 Å². The van der Waals surface area contributed by atoms with Crippen LogP contribution in [0.3, 0.4) is 0 Å². The van der Waals surface area contributed by atoms with Crippen molar-refractivity contribution < 1.29 is 9.53 Å². The van der Waals surface area contributed by atoms with Gasteiger partial charge >= 0.3 is 6.09 Å². The number of allylic oxidation sites excluding steroid dienone is 1. The molecule has 38 heavy (non-hydrogen) atoms. The molecule has 0 spiro atoms. The fourth-order valence-electron chi connectivity index (χ4n) is 4.54. The minimum absolute atomic E-state index is 0.281. The SMILES string of the molecule is CC1CN(c2ccc(-c3cc(-c4cnn(C)c4)cnc3C(C#N)=CN)cn2)CC1CNC(=O)OC(C)(C)C. The summed E-state index contributed by atoms with van der Waals surface area (Å²) >= 11 is 0. The van der Waals surface area contributed by atoms with Gasteiger partial charge in [0.25, 0.3) is 0 Å². The second-order valence-corrected chi connectivity index (χ2v) is 10.6. The van der Waals surface area contributed by atoms with Crippen molar-refractivity contribution in [2.75, 3.05) is 24.5 Å². The summed E-state index contributed by atoms with van der Waals surface area (Å²) in [6.45, 7) is 9.89. The molecule has 0 aliphatic carbocycles. The van der Waals surface area contributed by atoms with E-state index in [0.29, 0.717) is 18.2 Å². The molecule has 3 N–H and O–H groups in total. The van der Waals surface area contributed by atoms with Gasteiger partial charge in [0.1, 0.15) is 17.5 Å². The Bertz CT molecular complexity index is 1360. The summed E-state index contributed by atoms with van der Waals surface area (Å²) < 4.78 is 7.09. The van der Waals surface area contributed by atoms with Crippen LogP contribution < -0.4 is 16.0 Å². The molecule has 10 nitrogen and oxygen atoms in total. The van der Waals surface area contributed by atoms with E-state index < -0.39 is 11.7 Å². The molecule has 1 aliphatic heterocycles. The molecule has 3 aromatic heterocycles. The average molecular weight is 515 g/mol. The molecular formula is C28H34N8O2. The predicted molar refractivity (Wildman–Crippen MR) is 147 cm³/mol. The molecule has 4 rings (SSSR count). The van der Waals surface area contributed by atoms with Crippen molar-refractivity contribution >= 4 is 17.5 Å². The Balaban J connectivity index is 1.53. The number of nitrogens with zero attached hydrogens (tertiary/aromatic N) is 6. The van der Waals surface area contributed by atoms with Gasteiger partial charge in [-0.3, -0.25) is 9.67 Å². The van der Waals surface area contributed by atoms with Crippen LogP contribution in [-0.4, -0.2) is 51.1 Å². The maximum absolute atomic E-state index is 12.1. The molecule has 1 amide bonds. The van der Waals surface area contributed by atoms with Crippen LogP contribution in [0.4, 0.5) is 10.6 Å². The minimum atomic E-state index is -0.524. The molecule has 2 atom stereocenters. The van der Waals surface area contributed by atoms with E-state index in [4.69, 9.17) is 15.5 Å². The highest BCUT2D eigenvalue weighted by Crippen LogP contribution is 2.33. The standard InChI is InChI=1S/C28H34N8O2/c1-18-15-36(17-22(18)13-33-27(37)38-28(2,3)4)25-7-6-19(11-31-25)24-8-20(23-14-34-35(5)16-23)12-32-26(24)21(9-29)10-30/h6-9,11-12,14,16,18,22H,13,15,17,29H2,1-5H3,(H,33,37). The molecule has 1 aliphatic rings. The zero-order valence-electron chi connectivity index (χ0n) is 22.5. The van der Waals surface area contributed by atoms with E-state index in [9.17, 15) is 10.1 Å². The van der Waals surface area contributed by atoms with Crippen molar-refractivity contribution in [3.63, 3.8) is 0 Å². The first kappa shape index (κ1) is 26.7. The van der Waals surface area contributed by atoms with Gasteiger partial charge in [0.15, 0.2) is 0 Å². The Morgan fingerprint density at radius 2 is 1.97 bits per heavy atom. The summed E-state index contributed by atoms with van der Waals surface area (Å²) in [6, 6.07) is 8.07. The van der Waals surface area contributed by atoms with Crippen molar-refractivity contribution in [1.82, 2.24) is 25.1 Å². The number of amides is 1. The van der Waals surface area contributed by atoms with Crippen LogP contribution in [-0.2, 0) is 11.8 Å². The van der Waals surface area contributed by atoms with Crippen LogP contribution in [0.1, 0.15) is 33.4 Å². The van der Waals surface area contributed by atoms with Crippen molar-refractivity contribution in [2.45, 2.75) is 33.3 Å². The summed E-state index contributed by atoms with van der Waals surface area (Å²) in [5.74, 6) is 1.52. The van der Waals surface area contributed by atoms with Gasteiger partial charge in [0.05, 0.1) is 17.5 Å².